The van der Waals surface area contributed by atoms with Gasteiger partial charge in [0, 0.05) is 23.8 Å². The van der Waals surface area contributed by atoms with Crippen LogP contribution in [0.4, 0.5) is 5.69 Å². The number of aromatic nitrogens is 3. The summed E-state index contributed by atoms with van der Waals surface area (Å²) in [4.78, 5) is 16.3. The second kappa shape index (κ2) is 5.00. The first kappa shape index (κ1) is 12.2. The Bertz CT molecular complexity index is 753. The van der Waals surface area contributed by atoms with Crippen molar-refractivity contribution in [3.05, 3.63) is 48.4 Å². The van der Waals surface area contributed by atoms with Crippen molar-refractivity contribution in [3.8, 4) is 5.75 Å². The molecular formula is C14H12N4O2. The van der Waals surface area contributed by atoms with Gasteiger partial charge in [-0.25, -0.2) is 0 Å². The van der Waals surface area contributed by atoms with Crippen molar-refractivity contribution in [2.75, 3.05) is 12.4 Å². The van der Waals surface area contributed by atoms with Gasteiger partial charge in [0.15, 0.2) is 0 Å². The van der Waals surface area contributed by atoms with Crippen LogP contribution in [0.3, 0.4) is 0 Å². The number of anilines is 1. The third-order valence-electron chi connectivity index (χ3n) is 2.91. The topological polar surface area (TPSA) is 79.9 Å². The van der Waals surface area contributed by atoms with Gasteiger partial charge in [-0.2, -0.15) is 5.10 Å². The largest absolute Gasteiger partial charge is 0.497 e. The zero-order chi connectivity index (χ0) is 13.9. The molecule has 1 amide bonds. The highest BCUT2D eigenvalue weighted by Gasteiger charge is 2.08. The zero-order valence-electron chi connectivity index (χ0n) is 10.8. The lowest BCUT2D eigenvalue weighted by atomic mass is 10.1. The van der Waals surface area contributed by atoms with Crippen molar-refractivity contribution in [3.63, 3.8) is 0 Å². The van der Waals surface area contributed by atoms with Gasteiger partial charge in [0.05, 0.1) is 30.1 Å². The van der Waals surface area contributed by atoms with Crippen molar-refractivity contribution < 1.29 is 9.53 Å². The molecule has 0 radical (unpaired) electrons. The minimum atomic E-state index is -0.225. The summed E-state index contributed by atoms with van der Waals surface area (Å²) in [6.07, 6.45) is 4.69. The normalized spacial score (nSPS) is 10.4. The summed E-state index contributed by atoms with van der Waals surface area (Å²) < 4.78 is 5.14. The summed E-state index contributed by atoms with van der Waals surface area (Å²) in [6.45, 7) is 0. The molecule has 0 aliphatic rings. The minimum Gasteiger partial charge on any atom is -0.497 e. The molecule has 2 aromatic heterocycles. The van der Waals surface area contributed by atoms with Gasteiger partial charge in [-0.1, -0.05) is 0 Å². The van der Waals surface area contributed by atoms with Gasteiger partial charge in [0.2, 0.25) is 0 Å². The molecule has 3 aromatic rings. The molecular weight excluding hydrogens is 256 g/mol. The first-order chi connectivity index (χ1) is 9.76. The number of methoxy groups -OCH3 is 1. The third kappa shape index (κ3) is 2.31. The summed E-state index contributed by atoms with van der Waals surface area (Å²) in [6, 6.07) is 7.32. The van der Waals surface area contributed by atoms with E-state index in [9.17, 15) is 4.79 Å². The van der Waals surface area contributed by atoms with Crippen molar-refractivity contribution in [2.45, 2.75) is 0 Å². The number of carbonyl (C=O) groups excluding carboxylic acids is 1. The summed E-state index contributed by atoms with van der Waals surface area (Å²) in [5.41, 5.74) is 1.89. The van der Waals surface area contributed by atoms with Gasteiger partial charge >= 0.3 is 0 Å². The number of pyridine rings is 1. The molecule has 1 aromatic carbocycles. The molecule has 0 saturated heterocycles. The fraction of sp³-hybridized carbons (Fsp3) is 0.0714. The smallest absolute Gasteiger partial charge is 0.257 e. The number of hydrogen-bond donors (Lipinski definition) is 2. The van der Waals surface area contributed by atoms with Crippen LogP contribution in [0.5, 0.6) is 5.75 Å². The third-order valence-corrected chi connectivity index (χ3v) is 2.91. The Labute approximate surface area is 114 Å². The number of H-pyrrole nitrogens is 1. The van der Waals surface area contributed by atoms with Gasteiger partial charge in [-0.15, -0.1) is 0 Å². The number of benzene rings is 1. The van der Waals surface area contributed by atoms with Crippen LogP contribution in [-0.4, -0.2) is 28.2 Å². The molecule has 20 heavy (non-hydrogen) atoms. The number of hydrogen-bond acceptors (Lipinski definition) is 4. The predicted molar refractivity (Wildman–Crippen MR) is 74.8 cm³/mol. The molecule has 0 saturated carbocycles. The van der Waals surface area contributed by atoms with Crippen molar-refractivity contribution in [2.24, 2.45) is 0 Å². The Morgan fingerprint density at radius 2 is 2.20 bits per heavy atom. The van der Waals surface area contributed by atoms with E-state index in [1.54, 1.807) is 19.4 Å². The van der Waals surface area contributed by atoms with Gasteiger partial charge in [-0.05, 0) is 18.2 Å². The maximum atomic E-state index is 12.1. The first-order valence-electron chi connectivity index (χ1n) is 6.00. The van der Waals surface area contributed by atoms with E-state index in [1.165, 1.54) is 12.4 Å². The molecule has 2 heterocycles. The molecule has 2 N–H and O–H groups in total. The lowest BCUT2D eigenvalue weighted by Gasteiger charge is -2.05. The van der Waals surface area contributed by atoms with E-state index in [0.717, 1.165) is 16.7 Å². The van der Waals surface area contributed by atoms with Crippen LogP contribution in [0.25, 0.3) is 10.9 Å². The highest BCUT2D eigenvalue weighted by molar-refractivity contribution is 6.05. The number of carbonyl (C=O) groups is 1. The summed E-state index contributed by atoms with van der Waals surface area (Å²) >= 11 is 0. The van der Waals surface area contributed by atoms with Gasteiger partial charge in [0.25, 0.3) is 5.91 Å². The molecule has 0 aliphatic heterocycles. The molecule has 100 valence electrons. The second-order valence-corrected chi connectivity index (χ2v) is 4.22. The van der Waals surface area contributed by atoms with Crippen LogP contribution in [0, 0.1) is 0 Å². The number of aromatic amines is 1. The molecule has 0 unspecified atom stereocenters. The maximum Gasteiger partial charge on any atom is 0.257 e. The molecule has 0 spiro atoms. The fourth-order valence-electron chi connectivity index (χ4n) is 1.87. The van der Waals surface area contributed by atoms with Crippen LogP contribution in [0.1, 0.15) is 10.4 Å². The quantitative estimate of drug-likeness (QED) is 0.763. The highest BCUT2D eigenvalue weighted by Crippen LogP contribution is 2.20. The van der Waals surface area contributed by atoms with Crippen molar-refractivity contribution >= 4 is 22.5 Å². The number of amides is 1. The second-order valence-electron chi connectivity index (χ2n) is 4.22. The average Bonchev–Trinajstić information content (AvgIpc) is 2.99. The maximum absolute atomic E-state index is 12.1. The zero-order valence-corrected chi connectivity index (χ0v) is 10.8. The van der Waals surface area contributed by atoms with E-state index >= 15 is 0 Å². The first-order valence-corrected chi connectivity index (χ1v) is 6.00. The Balaban J connectivity index is 1.90. The van der Waals surface area contributed by atoms with Crippen molar-refractivity contribution in [1.29, 1.82) is 0 Å². The highest BCUT2D eigenvalue weighted by atomic mass is 16.5. The summed E-state index contributed by atoms with van der Waals surface area (Å²) in [5.74, 6) is 0.511. The number of nitrogens with one attached hydrogen (secondary N) is 2. The molecule has 6 nitrogen and oxygen atoms in total. The van der Waals surface area contributed by atoms with E-state index in [4.69, 9.17) is 4.74 Å². The van der Waals surface area contributed by atoms with Crippen LogP contribution < -0.4 is 10.1 Å². The standard InChI is InChI=1S/C14H12N4O2/c1-20-12-3-2-9-4-10(6-15-13(9)5-12)14(19)18-11-7-16-17-8-11/h2-8H,1H3,(H,16,17)(H,18,19). The van der Waals surface area contributed by atoms with Gasteiger partial charge in [0.1, 0.15) is 5.75 Å². The lowest BCUT2D eigenvalue weighted by molar-refractivity contribution is 0.102. The summed E-state index contributed by atoms with van der Waals surface area (Å²) in [5, 5.41) is 10.0. The predicted octanol–water partition coefficient (Wildman–Crippen LogP) is 2.22. The monoisotopic (exact) mass is 268 g/mol. The molecule has 6 heteroatoms. The number of nitrogens with zero attached hydrogens (tertiary/aromatic N) is 2. The van der Waals surface area contributed by atoms with Crippen LogP contribution in [0.2, 0.25) is 0 Å². The van der Waals surface area contributed by atoms with E-state index < -0.39 is 0 Å². The van der Waals surface area contributed by atoms with Gasteiger partial charge in [-0.3, -0.25) is 14.9 Å². The average molecular weight is 268 g/mol. The molecule has 0 aliphatic carbocycles. The fourth-order valence-corrected chi connectivity index (χ4v) is 1.87. The van der Waals surface area contributed by atoms with Crippen LogP contribution in [0.15, 0.2) is 42.9 Å². The SMILES string of the molecule is COc1ccc2cc(C(=O)Nc3cn[nH]c3)cnc2c1. The number of fused-ring (bicyclic) bond motifs is 1. The Morgan fingerprint density at radius 1 is 1.30 bits per heavy atom. The van der Waals surface area contributed by atoms with Crippen LogP contribution in [-0.2, 0) is 0 Å². The van der Waals surface area contributed by atoms with Crippen molar-refractivity contribution in [1.82, 2.24) is 15.2 Å². The Hall–Kier alpha value is -2.89. The lowest BCUT2D eigenvalue weighted by Crippen LogP contribution is -2.11. The van der Waals surface area contributed by atoms with Gasteiger partial charge < -0.3 is 10.1 Å². The molecule has 0 fully saturated rings. The van der Waals surface area contributed by atoms with E-state index in [0.29, 0.717) is 11.3 Å². The molecule has 3 rings (SSSR count). The van der Waals surface area contributed by atoms with Crippen LogP contribution >= 0.6 is 0 Å². The minimum absolute atomic E-state index is 0.225. The number of rotatable bonds is 3. The Kier molecular flexibility index (Phi) is 3.04. The summed E-state index contributed by atoms with van der Waals surface area (Å²) in [7, 11) is 1.61. The molecule has 0 atom stereocenters. The van der Waals surface area contributed by atoms with E-state index in [2.05, 4.69) is 20.5 Å². The Morgan fingerprint density at radius 3 is 2.95 bits per heavy atom. The van der Waals surface area contributed by atoms with E-state index in [-0.39, 0.29) is 5.91 Å². The van der Waals surface area contributed by atoms with E-state index in [1.807, 2.05) is 18.2 Å². The molecule has 0 bridgehead atoms. The number of ether oxygens (including phenoxy) is 1.